The average Bonchev–Trinajstić information content (AvgIpc) is 3.00. The van der Waals surface area contributed by atoms with E-state index in [0.717, 1.165) is 27.8 Å². The van der Waals surface area contributed by atoms with E-state index >= 15 is 0 Å². The number of carbonyl (C=O) groups is 2. The lowest BCUT2D eigenvalue weighted by molar-refractivity contribution is -0.139. The first-order chi connectivity index (χ1) is 13.9. The van der Waals surface area contributed by atoms with Gasteiger partial charge in [-0.25, -0.2) is 9.59 Å². The first kappa shape index (κ1) is 20.9. The minimum atomic E-state index is -1.06. The lowest BCUT2D eigenvalue weighted by atomic mass is 9.94. The Morgan fingerprint density at radius 3 is 2.52 bits per heavy atom. The zero-order valence-electron chi connectivity index (χ0n) is 17.0. The Bertz CT molecular complexity index is 893. The number of hydrogen-bond acceptors (Lipinski definition) is 4. The maximum atomic E-state index is 12.3. The van der Waals surface area contributed by atoms with E-state index in [1.54, 1.807) is 7.11 Å². The Hall–Kier alpha value is -2.86. The first-order valence-corrected chi connectivity index (χ1v) is 9.78. The predicted octanol–water partition coefficient (Wildman–Crippen LogP) is 4.17. The van der Waals surface area contributed by atoms with Gasteiger partial charge in [0, 0.05) is 13.0 Å². The summed E-state index contributed by atoms with van der Waals surface area (Å²) in [6, 6.07) is 13.2. The lowest BCUT2D eigenvalue weighted by Crippen LogP contribution is -2.42. The average molecular weight is 397 g/mol. The van der Waals surface area contributed by atoms with Gasteiger partial charge >= 0.3 is 12.1 Å². The molecule has 1 amide bonds. The molecule has 0 radical (unpaired) electrons. The molecule has 1 aliphatic rings. The molecular formula is C23H27NO5. The van der Waals surface area contributed by atoms with Gasteiger partial charge in [0.2, 0.25) is 0 Å². The van der Waals surface area contributed by atoms with Crippen molar-refractivity contribution in [2.24, 2.45) is 5.92 Å². The second-order valence-electron chi connectivity index (χ2n) is 7.71. The summed E-state index contributed by atoms with van der Waals surface area (Å²) in [5.41, 5.74) is 5.49. The number of carboxylic acids is 1. The summed E-state index contributed by atoms with van der Waals surface area (Å²) in [6.45, 7) is 4.42. The summed E-state index contributed by atoms with van der Waals surface area (Å²) < 4.78 is 10.8. The van der Waals surface area contributed by atoms with Crippen LogP contribution in [0.15, 0.2) is 42.5 Å². The van der Waals surface area contributed by atoms with Crippen LogP contribution in [0.1, 0.15) is 42.9 Å². The van der Waals surface area contributed by atoms with Gasteiger partial charge in [0.25, 0.3) is 0 Å². The smallest absolute Gasteiger partial charge is 0.407 e. The zero-order chi connectivity index (χ0) is 21.0. The number of benzene rings is 2. The number of methoxy groups -OCH3 is 1. The van der Waals surface area contributed by atoms with E-state index in [1.807, 2.05) is 44.2 Å². The van der Waals surface area contributed by atoms with E-state index in [9.17, 15) is 14.7 Å². The van der Waals surface area contributed by atoms with E-state index in [1.165, 1.54) is 0 Å². The van der Waals surface area contributed by atoms with Crippen LogP contribution in [0.2, 0.25) is 0 Å². The molecule has 0 spiro atoms. The number of ether oxygens (including phenoxy) is 2. The van der Waals surface area contributed by atoms with Crippen molar-refractivity contribution >= 4 is 12.1 Å². The van der Waals surface area contributed by atoms with Crippen molar-refractivity contribution in [3.63, 3.8) is 0 Å². The first-order valence-electron chi connectivity index (χ1n) is 9.78. The largest absolute Gasteiger partial charge is 0.480 e. The Labute approximate surface area is 170 Å². The lowest BCUT2D eigenvalue weighted by Gasteiger charge is -2.19. The molecule has 6 heteroatoms. The molecule has 0 fully saturated rings. The van der Waals surface area contributed by atoms with Gasteiger partial charge in [-0.15, -0.1) is 0 Å². The molecule has 2 atom stereocenters. The van der Waals surface area contributed by atoms with Crippen LogP contribution >= 0.6 is 0 Å². The van der Waals surface area contributed by atoms with Crippen molar-refractivity contribution in [1.29, 1.82) is 0 Å². The van der Waals surface area contributed by atoms with Gasteiger partial charge in [0.1, 0.15) is 12.6 Å². The molecule has 0 saturated heterocycles. The van der Waals surface area contributed by atoms with Gasteiger partial charge in [0.05, 0.1) is 6.61 Å². The predicted molar refractivity (Wildman–Crippen MR) is 110 cm³/mol. The summed E-state index contributed by atoms with van der Waals surface area (Å²) in [5.74, 6) is -1.04. The van der Waals surface area contributed by atoms with Crippen molar-refractivity contribution < 1.29 is 24.2 Å². The summed E-state index contributed by atoms with van der Waals surface area (Å²) in [5, 5.41) is 11.8. The third kappa shape index (κ3) is 4.59. The Balaban J connectivity index is 1.79. The van der Waals surface area contributed by atoms with Crippen LogP contribution in [0.3, 0.4) is 0 Å². The topological polar surface area (TPSA) is 84.9 Å². The number of nitrogens with one attached hydrogen (secondary N) is 1. The van der Waals surface area contributed by atoms with Gasteiger partial charge in [-0.05, 0) is 40.2 Å². The van der Waals surface area contributed by atoms with E-state index < -0.39 is 18.1 Å². The van der Waals surface area contributed by atoms with Crippen LogP contribution in [0.25, 0.3) is 11.1 Å². The quantitative estimate of drug-likeness (QED) is 0.698. The molecule has 0 heterocycles. The molecule has 0 bridgehead atoms. The number of aliphatic carboxylic acids is 1. The maximum absolute atomic E-state index is 12.3. The molecule has 154 valence electrons. The molecule has 6 nitrogen and oxygen atoms in total. The van der Waals surface area contributed by atoms with Gasteiger partial charge in [-0.2, -0.15) is 0 Å². The second-order valence-corrected chi connectivity index (χ2v) is 7.71. The number of fused-ring (bicyclic) bond motifs is 3. The van der Waals surface area contributed by atoms with Crippen LogP contribution in [0, 0.1) is 5.92 Å². The Kier molecular flexibility index (Phi) is 6.54. The van der Waals surface area contributed by atoms with E-state index in [0.29, 0.717) is 13.0 Å². The Morgan fingerprint density at radius 2 is 1.83 bits per heavy atom. The highest BCUT2D eigenvalue weighted by atomic mass is 16.5. The van der Waals surface area contributed by atoms with Crippen LogP contribution in [0.5, 0.6) is 0 Å². The molecule has 1 unspecified atom stereocenters. The fourth-order valence-corrected chi connectivity index (χ4v) is 3.95. The van der Waals surface area contributed by atoms with Crippen molar-refractivity contribution in [3.8, 4) is 11.1 Å². The fraction of sp³-hybridized carbons (Fsp3) is 0.391. The molecule has 0 aliphatic heterocycles. The van der Waals surface area contributed by atoms with E-state index in [2.05, 4.69) is 17.4 Å². The molecule has 2 N–H and O–H groups in total. The molecule has 0 saturated carbocycles. The highest BCUT2D eigenvalue weighted by Crippen LogP contribution is 2.46. The van der Waals surface area contributed by atoms with Gasteiger partial charge in [0.15, 0.2) is 0 Å². The number of hydrogen-bond donors (Lipinski definition) is 2. The highest BCUT2D eigenvalue weighted by Gasteiger charge is 2.32. The van der Waals surface area contributed by atoms with Crippen molar-refractivity contribution in [1.82, 2.24) is 5.32 Å². The molecule has 2 aromatic rings. The van der Waals surface area contributed by atoms with E-state index in [-0.39, 0.29) is 18.4 Å². The number of rotatable bonds is 8. The van der Waals surface area contributed by atoms with Crippen LogP contribution in [-0.2, 0) is 20.9 Å². The molecule has 29 heavy (non-hydrogen) atoms. The highest BCUT2D eigenvalue weighted by molar-refractivity contribution is 5.81. The van der Waals surface area contributed by atoms with Gasteiger partial charge < -0.3 is 19.9 Å². The summed E-state index contributed by atoms with van der Waals surface area (Å²) in [6.07, 6.45) is -0.370. The van der Waals surface area contributed by atoms with Gasteiger partial charge in [-0.3, -0.25) is 0 Å². The van der Waals surface area contributed by atoms with E-state index in [4.69, 9.17) is 9.47 Å². The van der Waals surface area contributed by atoms with Crippen molar-refractivity contribution in [2.45, 2.75) is 38.8 Å². The molecule has 0 aromatic heterocycles. The van der Waals surface area contributed by atoms with Gasteiger partial charge in [-0.1, -0.05) is 56.3 Å². The second kappa shape index (κ2) is 9.09. The SMILES string of the molecule is COCc1cccc2c1C(COC(=O)N[C@@H](CC(C)C)C(=O)O)c1ccccc1-2. The summed E-state index contributed by atoms with van der Waals surface area (Å²) in [7, 11) is 1.65. The maximum Gasteiger partial charge on any atom is 0.407 e. The summed E-state index contributed by atoms with van der Waals surface area (Å²) >= 11 is 0. The number of carbonyl (C=O) groups excluding carboxylic acids is 1. The molecule has 2 aromatic carbocycles. The minimum Gasteiger partial charge on any atom is -0.480 e. The fourth-order valence-electron chi connectivity index (χ4n) is 3.95. The minimum absolute atomic E-state index is 0.119. The third-order valence-corrected chi connectivity index (χ3v) is 5.15. The molecule has 1 aliphatic carbocycles. The van der Waals surface area contributed by atoms with Crippen molar-refractivity contribution in [3.05, 3.63) is 59.2 Å². The zero-order valence-corrected chi connectivity index (χ0v) is 17.0. The van der Waals surface area contributed by atoms with Crippen LogP contribution < -0.4 is 5.32 Å². The third-order valence-electron chi connectivity index (χ3n) is 5.15. The Morgan fingerprint density at radius 1 is 1.10 bits per heavy atom. The normalized spacial score (nSPS) is 15.5. The molecule has 3 rings (SSSR count). The number of carboxylic acid groups (broad SMARTS) is 1. The molecular weight excluding hydrogens is 370 g/mol. The van der Waals surface area contributed by atoms with Crippen LogP contribution in [0.4, 0.5) is 4.79 Å². The number of alkyl carbamates (subject to hydrolysis) is 1. The standard InChI is InChI=1S/C23H27NO5/c1-14(2)11-20(22(25)26)24-23(27)29-13-19-17-9-5-4-8-16(17)18-10-6-7-15(12-28-3)21(18)19/h4-10,14,19-20H,11-13H2,1-3H3,(H,24,27)(H,25,26)/t19?,20-/m0/s1. The number of amides is 1. The monoisotopic (exact) mass is 397 g/mol. The summed E-state index contributed by atoms with van der Waals surface area (Å²) in [4.78, 5) is 23.7. The van der Waals surface area contributed by atoms with Crippen molar-refractivity contribution in [2.75, 3.05) is 13.7 Å². The van der Waals surface area contributed by atoms with Crippen LogP contribution in [-0.4, -0.2) is 36.9 Å².